The predicted octanol–water partition coefficient (Wildman–Crippen LogP) is 0.567. The molecule has 8 nitrogen and oxygen atoms in total. The molecule has 3 amide bonds. The molecule has 1 aromatic carbocycles. The molecular weight excluding hydrogens is 360 g/mol. The van der Waals surface area contributed by atoms with Crippen LogP contribution in [0.5, 0.6) is 0 Å². The highest BCUT2D eigenvalue weighted by Gasteiger charge is 2.27. The van der Waals surface area contributed by atoms with Gasteiger partial charge in [0.1, 0.15) is 6.54 Å². The zero-order valence-corrected chi connectivity index (χ0v) is 16.6. The average Bonchev–Trinajstić information content (AvgIpc) is 2.72. The number of rotatable bonds is 4. The van der Waals surface area contributed by atoms with Crippen LogP contribution < -0.4 is 9.80 Å². The Morgan fingerprint density at radius 3 is 2.14 bits per heavy atom. The van der Waals surface area contributed by atoms with E-state index >= 15 is 0 Å². The lowest BCUT2D eigenvalue weighted by atomic mass is 10.2. The monoisotopic (exact) mass is 388 g/mol. The molecule has 2 heterocycles. The lowest BCUT2D eigenvalue weighted by Gasteiger charge is -2.36. The molecule has 0 aromatic heterocycles. The van der Waals surface area contributed by atoms with Crippen LogP contribution in [-0.2, 0) is 19.1 Å². The molecule has 0 spiro atoms. The van der Waals surface area contributed by atoms with E-state index in [4.69, 9.17) is 4.74 Å². The molecule has 0 saturated carbocycles. The SMILES string of the molecule is CC(=O)N1CCN(C(=O)CN(C(C)=O)c2ccccc2N2CCOCC2)CC1. The van der Waals surface area contributed by atoms with Crippen molar-refractivity contribution in [3.05, 3.63) is 24.3 Å². The minimum atomic E-state index is -0.170. The van der Waals surface area contributed by atoms with Crippen molar-refractivity contribution in [1.82, 2.24) is 9.80 Å². The molecule has 0 unspecified atom stereocenters. The van der Waals surface area contributed by atoms with Crippen LogP contribution in [0.3, 0.4) is 0 Å². The normalized spacial score (nSPS) is 17.4. The van der Waals surface area contributed by atoms with E-state index < -0.39 is 0 Å². The van der Waals surface area contributed by atoms with Gasteiger partial charge in [-0.15, -0.1) is 0 Å². The summed E-state index contributed by atoms with van der Waals surface area (Å²) in [5, 5.41) is 0. The molecule has 0 atom stereocenters. The molecule has 3 rings (SSSR count). The van der Waals surface area contributed by atoms with E-state index in [2.05, 4.69) is 4.90 Å². The summed E-state index contributed by atoms with van der Waals surface area (Å²) >= 11 is 0. The topological polar surface area (TPSA) is 73.4 Å². The van der Waals surface area contributed by atoms with Gasteiger partial charge in [-0.1, -0.05) is 12.1 Å². The van der Waals surface area contributed by atoms with E-state index in [1.54, 1.807) is 14.7 Å². The fourth-order valence-corrected chi connectivity index (χ4v) is 3.64. The van der Waals surface area contributed by atoms with Crippen LogP contribution >= 0.6 is 0 Å². The Balaban J connectivity index is 1.73. The Morgan fingerprint density at radius 1 is 0.929 bits per heavy atom. The van der Waals surface area contributed by atoms with Crippen LogP contribution in [0.4, 0.5) is 11.4 Å². The summed E-state index contributed by atoms with van der Waals surface area (Å²) < 4.78 is 5.43. The molecule has 0 aliphatic carbocycles. The third kappa shape index (κ3) is 4.62. The van der Waals surface area contributed by atoms with E-state index in [0.29, 0.717) is 39.4 Å². The number of nitrogens with zero attached hydrogens (tertiary/aromatic N) is 4. The number of ether oxygens (including phenoxy) is 1. The lowest BCUT2D eigenvalue weighted by molar-refractivity contribution is -0.137. The fraction of sp³-hybridized carbons (Fsp3) is 0.550. The number of amides is 3. The number of morpholine rings is 1. The molecule has 2 aliphatic rings. The van der Waals surface area contributed by atoms with Crippen molar-refractivity contribution in [1.29, 1.82) is 0 Å². The first kappa shape index (κ1) is 20.1. The van der Waals surface area contributed by atoms with Crippen molar-refractivity contribution >= 4 is 29.1 Å². The molecule has 8 heteroatoms. The van der Waals surface area contributed by atoms with Gasteiger partial charge in [0, 0.05) is 53.1 Å². The summed E-state index contributed by atoms with van der Waals surface area (Å²) in [4.78, 5) is 43.9. The minimum absolute atomic E-state index is 0.00322. The number of carbonyl (C=O) groups excluding carboxylic acids is 3. The van der Waals surface area contributed by atoms with E-state index in [0.717, 1.165) is 24.5 Å². The molecule has 28 heavy (non-hydrogen) atoms. The van der Waals surface area contributed by atoms with Gasteiger partial charge in [-0.25, -0.2) is 0 Å². The molecule has 152 valence electrons. The third-order valence-electron chi connectivity index (χ3n) is 5.28. The first-order valence-electron chi connectivity index (χ1n) is 9.70. The van der Waals surface area contributed by atoms with Crippen molar-refractivity contribution in [3.8, 4) is 0 Å². The standard InChI is InChI=1S/C20H28N4O4/c1-16(25)21-7-9-23(10-8-21)20(27)15-24(17(2)26)19-6-4-3-5-18(19)22-11-13-28-14-12-22/h3-6H,7-15H2,1-2H3. The van der Waals surface area contributed by atoms with Crippen LogP contribution in [0.2, 0.25) is 0 Å². The number of piperazine rings is 1. The summed E-state index contributed by atoms with van der Waals surface area (Å²) in [6, 6.07) is 7.68. The molecular formula is C20H28N4O4. The first-order chi connectivity index (χ1) is 13.5. The van der Waals surface area contributed by atoms with Crippen LogP contribution in [0, 0.1) is 0 Å². The third-order valence-corrected chi connectivity index (χ3v) is 5.28. The average molecular weight is 388 g/mol. The summed E-state index contributed by atoms with van der Waals surface area (Å²) in [6.45, 7) is 7.88. The highest BCUT2D eigenvalue weighted by molar-refractivity contribution is 6.00. The molecule has 2 saturated heterocycles. The van der Waals surface area contributed by atoms with Gasteiger partial charge in [0.25, 0.3) is 0 Å². The maximum Gasteiger partial charge on any atom is 0.242 e. The molecule has 0 bridgehead atoms. The van der Waals surface area contributed by atoms with Crippen LogP contribution in [0.1, 0.15) is 13.8 Å². The second-order valence-electron chi connectivity index (χ2n) is 7.08. The quantitative estimate of drug-likeness (QED) is 0.754. The van der Waals surface area contributed by atoms with E-state index in [1.165, 1.54) is 13.8 Å². The number of benzene rings is 1. The Morgan fingerprint density at radius 2 is 1.54 bits per heavy atom. The molecule has 1 aromatic rings. The summed E-state index contributed by atoms with van der Waals surface area (Å²) in [7, 11) is 0. The van der Waals surface area contributed by atoms with Gasteiger partial charge >= 0.3 is 0 Å². The number of para-hydroxylation sites is 2. The summed E-state index contributed by atoms with van der Waals surface area (Å²) in [6.07, 6.45) is 0. The molecule has 2 aliphatic heterocycles. The Kier molecular flexibility index (Phi) is 6.51. The largest absolute Gasteiger partial charge is 0.378 e. The van der Waals surface area contributed by atoms with E-state index in [-0.39, 0.29) is 24.3 Å². The smallest absolute Gasteiger partial charge is 0.242 e. The second-order valence-corrected chi connectivity index (χ2v) is 7.08. The van der Waals surface area contributed by atoms with E-state index in [9.17, 15) is 14.4 Å². The molecule has 2 fully saturated rings. The van der Waals surface area contributed by atoms with Gasteiger partial charge in [-0.2, -0.15) is 0 Å². The van der Waals surface area contributed by atoms with Gasteiger partial charge in [-0.05, 0) is 12.1 Å². The first-order valence-corrected chi connectivity index (χ1v) is 9.70. The zero-order valence-electron chi connectivity index (χ0n) is 16.6. The van der Waals surface area contributed by atoms with Crippen molar-refractivity contribution in [2.24, 2.45) is 0 Å². The predicted molar refractivity (Wildman–Crippen MR) is 106 cm³/mol. The zero-order chi connectivity index (χ0) is 20.1. The highest BCUT2D eigenvalue weighted by Crippen LogP contribution is 2.30. The minimum Gasteiger partial charge on any atom is -0.378 e. The van der Waals surface area contributed by atoms with Crippen molar-refractivity contribution < 1.29 is 19.1 Å². The maximum atomic E-state index is 12.8. The lowest BCUT2D eigenvalue weighted by Crippen LogP contribution is -2.52. The Bertz CT molecular complexity index is 725. The molecule has 0 N–H and O–H groups in total. The van der Waals surface area contributed by atoms with Crippen molar-refractivity contribution in [3.63, 3.8) is 0 Å². The second kappa shape index (κ2) is 9.05. The Labute approximate surface area is 165 Å². The summed E-state index contributed by atoms with van der Waals surface area (Å²) in [5.74, 6) is -0.247. The van der Waals surface area contributed by atoms with Crippen LogP contribution in [0.25, 0.3) is 0 Å². The number of anilines is 2. The van der Waals surface area contributed by atoms with Crippen LogP contribution in [0.15, 0.2) is 24.3 Å². The number of carbonyl (C=O) groups is 3. The fourth-order valence-electron chi connectivity index (χ4n) is 3.64. The van der Waals surface area contributed by atoms with E-state index in [1.807, 2.05) is 24.3 Å². The van der Waals surface area contributed by atoms with Crippen LogP contribution in [-0.4, -0.2) is 86.5 Å². The number of hydrogen-bond donors (Lipinski definition) is 0. The summed E-state index contributed by atoms with van der Waals surface area (Å²) in [5.41, 5.74) is 1.68. The molecule has 0 radical (unpaired) electrons. The van der Waals surface area contributed by atoms with Crippen molar-refractivity contribution in [2.75, 3.05) is 68.8 Å². The van der Waals surface area contributed by atoms with Gasteiger partial charge in [-0.3, -0.25) is 14.4 Å². The van der Waals surface area contributed by atoms with Gasteiger partial charge in [0.15, 0.2) is 0 Å². The van der Waals surface area contributed by atoms with Gasteiger partial charge in [0.05, 0.1) is 24.6 Å². The van der Waals surface area contributed by atoms with Gasteiger partial charge < -0.3 is 24.3 Å². The Hall–Kier alpha value is -2.61. The number of hydrogen-bond acceptors (Lipinski definition) is 5. The van der Waals surface area contributed by atoms with Gasteiger partial charge in [0.2, 0.25) is 17.7 Å². The maximum absolute atomic E-state index is 12.8. The van der Waals surface area contributed by atoms with Crippen molar-refractivity contribution in [2.45, 2.75) is 13.8 Å². The highest BCUT2D eigenvalue weighted by atomic mass is 16.5.